The summed E-state index contributed by atoms with van der Waals surface area (Å²) in [5.41, 5.74) is 1.30. The molecule has 3 heteroatoms. The third-order valence-corrected chi connectivity index (χ3v) is 3.89. The number of hydrogen-bond donors (Lipinski definition) is 2. The summed E-state index contributed by atoms with van der Waals surface area (Å²) in [5.74, 6) is 1.03. The van der Waals surface area contributed by atoms with Gasteiger partial charge in [0.15, 0.2) is 0 Å². The van der Waals surface area contributed by atoms with Gasteiger partial charge >= 0.3 is 0 Å². The van der Waals surface area contributed by atoms with Gasteiger partial charge in [0.25, 0.3) is 0 Å². The molecule has 0 saturated heterocycles. The van der Waals surface area contributed by atoms with Gasteiger partial charge in [-0.3, -0.25) is 0 Å². The highest BCUT2D eigenvalue weighted by molar-refractivity contribution is 5.25. The van der Waals surface area contributed by atoms with Crippen LogP contribution >= 0.6 is 0 Å². The summed E-state index contributed by atoms with van der Waals surface area (Å²) in [4.78, 5) is 0. The van der Waals surface area contributed by atoms with E-state index in [-0.39, 0.29) is 6.61 Å². The lowest BCUT2D eigenvalue weighted by Gasteiger charge is -2.35. The van der Waals surface area contributed by atoms with Crippen LogP contribution in [-0.4, -0.2) is 22.4 Å². The number of aliphatic hydroxyl groups excluding tert-OH is 1. The van der Waals surface area contributed by atoms with Crippen LogP contribution in [0.15, 0.2) is 34.7 Å². The van der Waals surface area contributed by atoms with Crippen molar-refractivity contribution < 1.29 is 14.6 Å². The highest BCUT2D eigenvalue weighted by Gasteiger charge is 2.33. The van der Waals surface area contributed by atoms with Crippen LogP contribution in [0, 0.1) is 11.8 Å². The van der Waals surface area contributed by atoms with Crippen molar-refractivity contribution >= 4 is 0 Å². The van der Waals surface area contributed by atoms with Crippen LogP contribution in [-0.2, 0) is 6.42 Å². The Morgan fingerprint density at radius 1 is 1.50 bits per heavy atom. The Bertz CT molecular complexity index is 405. The maximum atomic E-state index is 10.2. The van der Waals surface area contributed by atoms with E-state index in [1.807, 2.05) is 12.1 Å². The second-order valence-electron chi connectivity index (χ2n) is 5.68. The lowest BCUT2D eigenvalue weighted by molar-refractivity contribution is 0.00722. The minimum absolute atomic E-state index is 0.202. The van der Waals surface area contributed by atoms with Gasteiger partial charge in [0.05, 0.1) is 19.1 Å². The SMILES string of the molecule is CC(C)[C@@H]1CC[C@](O)(CO)C=C1Cc1ccoc1. The van der Waals surface area contributed by atoms with E-state index in [0.29, 0.717) is 18.3 Å². The van der Waals surface area contributed by atoms with Crippen molar-refractivity contribution in [1.29, 1.82) is 0 Å². The maximum Gasteiger partial charge on any atom is 0.106 e. The van der Waals surface area contributed by atoms with Crippen LogP contribution in [0.5, 0.6) is 0 Å². The van der Waals surface area contributed by atoms with Crippen LogP contribution in [0.1, 0.15) is 32.3 Å². The van der Waals surface area contributed by atoms with Gasteiger partial charge in [0.1, 0.15) is 5.60 Å². The van der Waals surface area contributed by atoms with Crippen LogP contribution in [0.2, 0.25) is 0 Å². The van der Waals surface area contributed by atoms with Crippen molar-refractivity contribution in [3.63, 3.8) is 0 Å². The fourth-order valence-corrected chi connectivity index (χ4v) is 2.81. The van der Waals surface area contributed by atoms with E-state index in [9.17, 15) is 10.2 Å². The number of aliphatic hydroxyl groups is 2. The molecule has 0 aliphatic heterocycles. The average molecular weight is 250 g/mol. The van der Waals surface area contributed by atoms with Crippen molar-refractivity contribution in [1.82, 2.24) is 0 Å². The monoisotopic (exact) mass is 250 g/mol. The second-order valence-corrected chi connectivity index (χ2v) is 5.68. The van der Waals surface area contributed by atoms with E-state index < -0.39 is 5.60 Å². The Balaban J connectivity index is 2.23. The van der Waals surface area contributed by atoms with E-state index in [4.69, 9.17) is 4.42 Å². The topological polar surface area (TPSA) is 53.6 Å². The van der Waals surface area contributed by atoms with E-state index in [0.717, 1.165) is 18.4 Å². The minimum atomic E-state index is -1.04. The number of rotatable bonds is 4. The maximum absolute atomic E-state index is 10.2. The molecule has 18 heavy (non-hydrogen) atoms. The van der Waals surface area contributed by atoms with Crippen LogP contribution in [0.3, 0.4) is 0 Å². The summed E-state index contributed by atoms with van der Waals surface area (Å²) in [6.07, 6.45) is 7.64. The van der Waals surface area contributed by atoms with E-state index >= 15 is 0 Å². The van der Waals surface area contributed by atoms with Gasteiger partial charge in [-0.05, 0) is 42.7 Å². The van der Waals surface area contributed by atoms with E-state index in [1.54, 1.807) is 12.5 Å². The first-order valence-electron chi connectivity index (χ1n) is 6.60. The standard InChI is InChI=1S/C15H22O3/c1-11(2)14-3-5-15(17,10-16)8-13(14)7-12-4-6-18-9-12/h4,6,8-9,11,14,16-17H,3,5,7,10H2,1-2H3/t14-,15+/m0/s1. The molecule has 2 rings (SSSR count). The predicted molar refractivity (Wildman–Crippen MR) is 70.1 cm³/mol. The zero-order chi connectivity index (χ0) is 13.2. The Labute approximate surface area is 108 Å². The molecule has 0 fully saturated rings. The lowest BCUT2D eigenvalue weighted by atomic mass is 9.73. The normalized spacial score (nSPS) is 28.5. The third-order valence-electron chi connectivity index (χ3n) is 3.89. The molecular weight excluding hydrogens is 228 g/mol. The molecule has 1 aliphatic rings. The number of allylic oxidation sites excluding steroid dienone is 1. The zero-order valence-corrected chi connectivity index (χ0v) is 11.1. The van der Waals surface area contributed by atoms with Gasteiger partial charge in [0, 0.05) is 0 Å². The van der Waals surface area contributed by atoms with Crippen molar-refractivity contribution in [3.05, 3.63) is 35.8 Å². The Kier molecular flexibility index (Phi) is 3.93. The highest BCUT2D eigenvalue weighted by atomic mass is 16.3. The van der Waals surface area contributed by atoms with Crippen LogP contribution in [0.4, 0.5) is 0 Å². The molecule has 2 N–H and O–H groups in total. The minimum Gasteiger partial charge on any atom is -0.472 e. The van der Waals surface area contributed by atoms with Crippen molar-refractivity contribution in [2.75, 3.05) is 6.61 Å². The molecule has 0 unspecified atom stereocenters. The molecule has 3 nitrogen and oxygen atoms in total. The second kappa shape index (κ2) is 5.29. The molecule has 0 saturated carbocycles. The molecular formula is C15H22O3. The van der Waals surface area contributed by atoms with Gasteiger partial charge < -0.3 is 14.6 Å². The largest absolute Gasteiger partial charge is 0.472 e. The number of furan rings is 1. The van der Waals surface area contributed by atoms with E-state index in [1.165, 1.54) is 5.57 Å². The predicted octanol–water partition coefficient (Wildman–Crippen LogP) is 2.54. The molecule has 0 spiro atoms. The van der Waals surface area contributed by atoms with Crippen LogP contribution in [0.25, 0.3) is 0 Å². The molecule has 1 aromatic heterocycles. The summed E-state index contributed by atoms with van der Waals surface area (Å²) < 4.78 is 5.09. The highest BCUT2D eigenvalue weighted by Crippen LogP contribution is 2.37. The smallest absolute Gasteiger partial charge is 0.106 e. The Morgan fingerprint density at radius 3 is 2.83 bits per heavy atom. The summed E-state index contributed by atoms with van der Waals surface area (Å²) in [7, 11) is 0. The lowest BCUT2D eigenvalue weighted by Crippen LogP contribution is -2.37. The Hall–Kier alpha value is -1.06. The number of hydrogen-bond acceptors (Lipinski definition) is 3. The zero-order valence-electron chi connectivity index (χ0n) is 11.1. The van der Waals surface area contributed by atoms with E-state index in [2.05, 4.69) is 13.8 Å². The first-order valence-corrected chi connectivity index (χ1v) is 6.60. The van der Waals surface area contributed by atoms with Gasteiger partial charge in [-0.2, -0.15) is 0 Å². The third kappa shape index (κ3) is 2.85. The van der Waals surface area contributed by atoms with Gasteiger partial charge in [-0.1, -0.05) is 25.5 Å². The molecule has 1 aromatic rings. The van der Waals surface area contributed by atoms with Gasteiger partial charge in [-0.15, -0.1) is 0 Å². The van der Waals surface area contributed by atoms with Gasteiger partial charge in [-0.25, -0.2) is 0 Å². The Morgan fingerprint density at radius 2 is 2.28 bits per heavy atom. The summed E-state index contributed by atoms with van der Waals surface area (Å²) in [6, 6.07) is 1.95. The molecule has 1 aliphatic carbocycles. The van der Waals surface area contributed by atoms with Crippen molar-refractivity contribution in [3.8, 4) is 0 Å². The first kappa shape index (κ1) is 13.4. The average Bonchev–Trinajstić information content (AvgIpc) is 2.81. The summed E-state index contributed by atoms with van der Waals surface area (Å²) >= 11 is 0. The molecule has 0 amide bonds. The van der Waals surface area contributed by atoms with Crippen molar-refractivity contribution in [2.45, 2.75) is 38.7 Å². The van der Waals surface area contributed by atoms with Crippen molar-refractivity contribution in [2.24, 2.45) is 11.8 Å². The molecule has 0 bridgehead atoms. The molecule has 0 aromatic carbocycles. The molecule has 1 heterocycles. The summed E-state index contributed by atoms with van der Waals surface area (Å²) in [5, 5.41) is 19.5. The quantitative estimate of drug-likeness (QED) is 0.807. The first-order chi connectivity index (χ1) is 8.54. The van der Waals surface area contributed by atoms with Crippen LogP contribution < -0.4 is 0 Å². The fourth-order valence-electron chi connectivity index (χ4n) is 2.81. The molecule has 2 atom stereocenters. The summed E-state index contributed by atoms with van der Waals surface area (Å²) in [6.45, 7) is 4.21. The molecule has 100 valence electrons. The molecule has 0 radical (unpaired) electrons. The fraction of sp³-hybridized carbons (Fsp3) is 0.600. The van der Waals surface area contributed by atoms with Gasteiger partial charge in [0.2, 0.25) is 0 Å².